The Hall–Kier alpha value is -1.50. The van der Waals surface area contributed by atoms with Crippen LogP contribution in [0, 0.1) is 0 Å². The number of nitrogens with one attached hydrogen (secondary N) is 1. The lowest BCUT2D eigenvalue weighted by Gasteiger charge is -2.27. The molecule has 7 nitrogen and oxygen atoms in total. The number of amides is 1. The SMILES string of the molecule is O=C(Cn1nnnc1C1CCCCC1)N1CCNCC1. The molecule has 0 aromatic carbocycles. The highest BCUT2D eigenvalue weighted by Gasteiger charge is 2.24. The molecule has 1 amide bonds. The summed E-state index contributed by atoms with van der Waals surface area (Å²) in [5.41, 5.74) is 0. The van der Waals surface area contributed by atoms with Crippen molar-refractivity contribution in [1.82, 2.24) is 30.4 Å². The normalized spacial score (nSPS) is 21.1. The third-order valence-electron chi connectivity index (χ3n) is 4.28. The Morgan fingerprint density at radius 2 is 1.95 bits per heavy atom. The van der Waals surface area contributed by atoms with E-state index in [1.807, 2.05) is 4.90 Å². The molecule has 110 valence electrons. The molecule has 0 bridgehead atoms. The van der Waals surface area contributed by atoms with E-state index in [9.17, 15) is 4.79 Å². The third kappa shape index (κ3) is 2.98. The summed E-state index contributed by atoms with van der Waals surface area (Å²) in [6.45, 7) is 3.58. The Morgan fingerprint density at radius 1 is 1.20 bits per heavy atom. The van der Waals surface area contributed by atoms with Gasteiger partial charge in [0.2, 0.25) is 5.91 Å². The van der Waals surface area contributed by atoms with Crippen LogP contribution in [-0.2, 0) is 11.3 Å². The number of nitrogens with zero attached hydrogens (tertiary/aromatic N) is 5. The molecule has 1 aliphatic heterocycles. The zero-order valence-corrected chi connectivity index (χ0v) is 11.8. The second-order valence-corrected chi connectivity index (χ2v) is 5.66. The lowest BCUT2D eigenvalue weighted by molar-refractivity contribution is -0.132. The molecule has 2 aliphatic rings. The number of rotatable bonds is 3. The van der Waals surface area contributed by atoms with Gasteiger partial charge in [-0.1, -0.05) is 19.3 Å². The van der Waals surface area contributed by atoms with Crippen molar-refractivity contribution in [3.05, 3.63) is 5.82 Å². The van der Waals surface area contributed by atoms with Crippen LogP contribution in [0.5, 0.6) is 0 Å². The first-order valence-corrected chi connectivity index (χ1v) is 7.59. The van der Waals surface area contributed by atoms with Crippen LogP contribution in [0.1, 0.15) is 43.8 Å². The molecule has 2 heterocycles. The smallest absolute Gasteiger partial charge is 0.244 e. The first kappa shape index (κ1) is 13.5. The largest absolute Gasteiger partial charge is 0.339 e. The summed E-state index contributed by atoms with van der Waals surface area (Å²) >= 11 is 0. The predicted octanol–water partition coefficient (Wildman–Crippen LogP) is 0.153. The van der Waals surface area contributed by atoms with Crippen LogP contribution in [-0.4, -0.2) is 57.2 Å². The van der Waals surface area contributed by atoms with Crippen molar-refractivity contribution in [2.75, 3.05) is 26.2 Å². The van der Waals surface area contributed by atoms with Crippen molar-refractivity contribution >= 4 is 5.91 Å². The summed E-state index contributed by atoms with van der Waals surface area (Å²) < 4.78 is 1.71. The van der Waals surface area contributed by atoms with E-state index in [1.165, 1.54) is 19.3 Å². The Morgan fingerprint density at radius 3 is 2.70 bits per heavy atom. The number of aromatic nitrogens is 4. The summed E-state index contributed by atoms with van der Waals surface area (Å²) in [6.07, 6.45) is 6.06. The van der Waals surface area contributed by atoms with Crippen LogP contribution in [0.15, 0.2) is 0 Å². The monoisotopic (exact) mass is 278 g/mol. The number of carbonyl (C=O) groups is 1. The van der Waals surface area contributed by atoms with Crippen LogP contribution >= 0.6 is 0 Å². The quantitative estimate of drug-likeness (QED) is 0.852. The molecular weight excluding hydrogens is 256 g/mol. The van der Waals surface area contributed by atoms with Gasteiger partial charge in [0.1, 0.15) is 6.54 Å². The van der Waals surface area contributed by atoms with E-state index in [4.69, 9.17) is 0 Å². The topological polar surface area (TPSA) is 75.9 Å². The fourth-order valence-electron chi connectivity index (χ4n) is 3.12. The zero-order valence-electron chi connectivity index (χ0n) is 11.8. The Balaban J connectivity index is 1.65. The molecule has 7 heteroatoms. The van der Waals surface area contributed by atoms with E-state index in [2.05, 4.69) is 20.8 Å². The molecule has 0 spiro atoms. The summed E-state index contributed by atoms with van der Waals surface area (Å²) in [4.78, 5) is 14.2. The second kappa shape index (κ2) is 6.30. The van der Waals surface area contributed by atoms with Gasteiger partial charge in [-0.3, -0.25) is 4.79 Å². The van der Waals surface area contributed by atoms with E-state index in [0.29, 0.717) is 5.92 Å². The fourth-order valence-corrected chi connectivity index (χ4v) is 3.12. The lowest BCUT2D eigenvalue weighted by Crippen LogP contribution is -2.47. The van der Waals surface area contributed by atoms with Crippen LogP contribution in [0.2, 0.25) is 0 Å². The van der Waals surface area contributed by atoms with E-state index in [1.54, 1.807) is 4.68 Å². The van der Waals surface area contributed by atoms with Crippen molar-refractivity contribution in [2.24, 2.45) is 0 Å². The van der Waals surface area contributed by atoms with Crippen LogP contribution in [0.3, 0.4) is 0 Å². The summed E-state index contributed by atoms with van der Waals surface area (Å²) in [5.74, 6) is 1.44. The first-order valence-electron chi connectivity index (χ1n) is 7.59. The van der Waals surface area contributed by atoms with Crippen molar-refractivity contribution in [3.63, 3.8) is 0 Å². The van der Waals surface area contributed by atoms with Crippen LogP contribution in [0.25, 0.3) is 0 Å². The van der Waals surface area contributed by atoms with Crippen molar-refractivity contribution < 1.29 is 4.79 Å². The maximum Gasteiger partial charge on any atom is 0.244 e. The maximum absolute atomic E-state index is 12.3. The third-order valence-corrected chi connectivity index (χ3v) is 4.28. The minimum atomic E-state index is 0.121. The Bertz CT molecular complexity index is 447. The highest BCUT2D eigenvalue weighted by molar-refractivity contribution is 5.76. The Labute approximate surface area is 118 Å². The number of hydrogen-bond donors (Lipinski definition) is 1. The molecular formula is C13H22N6O. The van der Waals surface area contributed by atoms with Gasteiger partial charge in [0.25, 0.3) is 0 Å². The molecule has 1 aromatic rings. The molecule has 0 radical (unpaired) electrons. The average molecular weight is 278 g/mol. The molecule has 1 aliphatic carbocycles. The average Bonchev–Trinajstić information content (AvgIpc) is 2.97. The number of carbonyl (C=O) groups excluding carboxylic acids is 1. The second-order valence-electron chi connectivity index (χ2n) is 5.66. The van der Waals surface area contributed by atoms with Crippen LogP contribution < -0.4 is 5.32 Å². The summed E-state index contributed by atoms with van der Waals surface area (Å²) in [6, 6.07) is 0. The van der Waals surface area contributed by atoms with E-state index >= 15 is 0 Å². The van der Waals surface area contributed by atoms with Gasteiger partial charge in [0.15, 0.2) is 5.82 Å². The molecule has 0 atom stereocenters. The van der Waals surface area contributed by atoms with Crippen LogP contribution in [0.4, 0.5) is 0 Å². The van der Waals surface area contributed by atoms with Gasteiger partial charge in [-0.25, -0.2) is 4.68 Å². The standard InChI is InChI=1S/C13H22N6O/c20-12(18-8-6-14-7-9-18)10-19-13(15-16-17-19)11-4-2-1-3-5-11/h11,14H,1-10H2. The lowest BCUT2D eigenvalue weighted by atomic mass is 9.89. The number of hydrogen-bond acceptors (Lipinski definition) is 5. The molecule has 20 heavy (non-hydrogen) atoms. The number of piperazine rings is 1. The molecule has 2 fully saturated rings. The van der Waals surface area contributed by atoms with Gasteiger partial charge < -0.3 is 10.2 Å². The zero-order chi connectivity index (χ0) is 13.8. The predicted molar refractivity (Wildman–Crippen MR) is 73.1 cm³/mol. The van der Waals surface area contributed by atoms with E-state index in [0.717, 1.165) is 44.8 Å². The van der Waals surface area contributed by atoms with Crippen molar-refractivity contribution in [3.8, 4) is 0 Å². The molecule has 1 aromatic heterocycles. The van der Waals surface area contributed by atoms with Gasteiger partial charge in [-0.2, -0.15) is 0 Å². The van der Waals surface area contributed by atoms with Gasteiger partial charge in [0.05, 0.1) is 0 Å². The molecule has 0 unspecified atom stereocenters. The van der Waals surface area contributed by atoms with E-state index in [-0.39, 0.29) is 12.5 Å². The molecule has 3 rings (SSSR count). The van der Waals surface area contributed by atoms with E-state index < -0.39 is 0 Å². The molecule has 1 saturated heterocycles. The van der Waals surface area contributed by atoms with Gasteiger partial charge in [0, 0.05) is 32.1 Å². The van der Waals surface area contributed by atoms with Crippen molar-refractivity contribution in [1.29, 1.82) is 0 Å². The molecule has 1 saturated carbocycles. The minimum Gasteiger partial charge on any atom is -0.339 e. The minimum absolute atomic E-state index is 0.121. The highest BCUT2D eigenvalue weighted by Crippen LogP contribution is 2.30. The maximum atomic E-state index is 12.3. The summed E-state index contributed by atoms with van der Waals surface area (Å²) in [5, 5.41) is 15.2. The van der Waals surface area contributed by atoms with Gasteiger partial charge in [-0.15, -0.1) is 5.10 Å². The number of tetrazole rings is 1. The van der Waals surface area contributed by atoms with Gasteiger partial charge >= 0.3 is 0 Å². The fraction of sp³-hybridized carbons (Fsp3) is 0.846. The Kier molecular flexibility index (Phi) is 4.25. The highest BCUT2D eigenvalue weighted by atomic mass is 16.2. The van der Waals surface area contributed by atoms with Crippen molar-refractivity contribution in [2.45, 2.75) is 44.6 Å². The summed E-state index contributed by atoms with van der Waals surface area (Å²) in [7, 11) is 0. The molecule has 1 N–H and O–H groups in total. The van der Waals surface area contributed by atoms with Gasteiger partial charge in [-0.05, 0) is 23.3 Å². The first-order chi connectivity index (χ1) is 9.84.